The van der Waals surface area contributed by atoms with Crippen LogP contribution in [-0.4, -0.2) is 98.1 Å². The van der Waals surface area contributed by atoms with E-state index < -0.39 is 0 Å². The summed E-state index contributed by atoms with van der Waals surface area (Å²) in [6.45, 7) is 17.1. The molecule has 0 radical (unpaired) electrons. The lowest BCUT2D eigenvalue weighted by Gasteiger charge is -2.35. The van der Waals surface area contributed by atoms with Gasteiger partial charge in [0.25, 0.3) is 0 Å². The van der Waals surface area contributed by atoms with Crippen LogP contribution < -0.4 is 10.6 Å². The highest BCUT2D eigenvalue weighted by molar-refractivity contribution is 5.81. The first kappa shape index (κ1) is 24.3. The molecular formula is C24H46N6O. The number of hydrogen-bond donors (Lipinski definition) is 2. The molecule has 2 heterocycles. The minimum absolute atomic E-state index is 0.273. The monoisotopic (exact) mass is 434 g/mol. The van der Waals surface area contributed by atoms with Crippen molar-refractivity contribution < 1.29 is 4.79 Å². The van der Waals surface area contributed by atoms with Gasteiger partial charge in [0.05, 0.1) is 0 Å². The average Bonchev–Trinajstić information content (AvgIpc) is 3.27. The standard InChI is InChI=1S/C24H46N6O/c1-4-25-24(26-17-20(3)18-29-15-13-28(5-2)14-16-29)27-22-11-12-30(19-22)23(31)21-9-7-6-8-10-21/h20-22H,4-19H2,1-3H3,(H2,25,26,27). The molecule has 2 unspecified atom stereocenters. The van der Waals surface area contributed by atoms with E-state index in [4.69, 9.17) is 4.99 Å². The summed E-state index contributed by atoms with van der Waals surface area (Å²) in [7, 11) is 0. The number of amides is 1. The fourth-order valence-corrected chi connectivity index (χ4v) is 5.23. The minimum atomic E-state index is 0.273. The van der Waals surface area contributed by atoms with Gasteiger partial charge in [0.1, 0.15) is 0 Å². The van der Waals surface area contributed by atoms with Crippen LogP contribution in [0, 0.1) is 11.8 Å². The summed E-state index contributed by atoms with van der Waals surface area (Å²) in [5, 5.41) is 7.01. The highest BCUT2D eigenvalue weighted by Crippen LogP contribution is 2.26. The molecule has 1 amide bonds. The first-order chi connectivity index (χ1) is 15.1. The summed E-state index contributed by atoms with van der Waals surface area (Å²) < 4.78 is 0. The third-order valence-electron chi connectivity index (χ3n) is 7.18. The maximum Gasteiger partial charge on any atom is 0.225 e. The highest BCUT2D eigenvalue weighted by atomic mass is 16.2. The Kier molecular flexibility index (Phi) is 9.91. The van der Waals surface area contributed by atoms with E-state index >= 15 is 0 Å². The van der Waals surface area contributed by atoms with Gasteiger partial charge >= 0.3 is 0 Å². The lowest BCUT2D eigenvalue weighted by atomic mass is 9.88. The van der Waals surface area contributed by atoms with Gasteiger partial charge in [-0.2, -0.15) is 0 Å². The summed E-state index contributed by atoms with van der Waals surface area (Å²) in [4.78, 5) is 24.9. The number of likely N-dealkylation sites (tertiary alicyclic amines) is 1. The number of carbonyl (C=O) groups excluding carboxylic acids is 1. The molecule has 2 aliphatic heterocycles. The van der Waals surface area contributed by atoms with E-state index in [1.54, 1.807) is 0 Å². The Labute approximate surface area is 190 Å². The molecule has 0 aromatic heterocycles. The molecule has 0 bridgehead atoms. The zero-order valence-electron chi connectivity index (χ0n) is 20.2. The molecule has 7 nitrogen and oxygen atoms in total. The summed E-state index contributed by atoms with van der Waals surface area (Å²) >= 11 is 0. The van der Waals surface area contributed by atoms with Crippen LogP contribution in [0.15, 0.2) is 4.99 Å². The van der Waals surface area contributed by atoms with E-state index in [-0.39, 0.29) is 5.92 Å². The first-order valence-corrected chi connectivity index (χ1v) is 12.9. The Morgan fingerprint density at radius 2 is 1.71 bits per heavy atom. The van der Waals surface area contributed by atoms with Crippen molar-refractivity contribution in [3.8, 4) is 0 Å². The van der Waals surface area contributed by atoms with Gasteiger partial charge in [-0.25, -0.2) is 0 Å². The number of rotatable bonds is 8. The molecule has 3 aliphatic rings. The Morgan fingerprint density at radius 3 is 2.39 bits per heavy atom. The largest absolute Gasteiger partial charge is 0.357 e. The van der Waals surface area contributed by atoms with Crippen molar-refractivity contribution in [3.63, 3.8) is 0 Å². The normalized spacial score (nSPS) is 25.6. The molecule has 2 saturated heterocycles. The van der Waals surface area contributed by atoms with Crippen molar-refractivity contribution >= 4 is 11.9 Å². The molecule has 1 aliphatic carbocycles. The van der Waals surface area contributed by atoms with Crippen LogP contribution in [0.4, 0.5) is 0 Å². The minimum Gasteiger partial charge on any atom is -0.357 e. The van der Waals surface area contributed by atoms with E-state index in [0.29, 0.717) is 17.9 Å². The number of guanidine groups is 1. The van der Waals surface area contributed by atoms with Crippen LogP contribution in [0.25, 0.3) is 0 Å². The molecule has 0 aromatic rings. The van der Waals surface area contributed by atoms with Crippen molar-refractivity contribution in [2.24, 2.45) is 16.8 Å². The van der Waals surface area contributed by atoms with Gasteiger partial charge < -0.3 is 25.3 Å². The Balaban J connectivity index is 1.42. The molecule has 31 heavy (non-hydrogen) atoms. The predicted octanol–water partition coefficient (Wildman–Crippen LogP) is 2.00. The van der Waals surface area contributed by atoms with Crippen LogP contribution in [0.3, 0.4) is 0 Å². The van der Waals surface area contributed by atoms with Crippen LogP contribution in [0.2, 0.25) is 0 Å². The molecule has 1 saturated carbocycles. The summed E-state index contributed by atoms with van der Waals surface area (Å²) in [6.07, 6.45) is 6.92. The van der Waals surface area contributed by atoms with E-state index in [1.165, 1.54) is 45.4 Å². The first-order valence-electron chi connectivity index (χ1n) is 12.9. The summed E-state index contributed by atoms with van der Waals surface area (Å²) in [5.41, 5.74) is 0. The number of carbonyl (C=O) groups is 1. The smallest absolute Gasteiger partial charge is 0.225 e. The second kappa shape index (κ2) is 12.6. The molecule has 2 N–H and O–H groups in total. The molecular weight excluding hydrogens is 388 g/mol. The third kappa shape index (κ3) is 7.63. The lowest BCUT2D eigenvalue weighted by Crippen LogP contribution is -2.48. The topological polar surface area (TPSA) is 63.2 Å². The fraction of sp³-hybridized carbons (Fsp3) is 0.917. The van der Waals surface area contributed by atoms with Crippen LogP contribution in [0.5, 0.6) is 0 Å². The lowest BCUT2D eigenvalue weighted by molar-refractivity contribution is -0.135. The van der Waals surface area contributed by atoms with Crippen molar-refractivity contribution in [3.05, 3.63) is 0 Å². The molecule has 2 atom stereocenters. The molecule has 0 aromatic carbocycles. The Hall–Kier alpha value is -1.34. The zero-order chi connectivity index (χ0) is 22.1. The van der Waals surface area contributed by atoms with Gasteiger partial charge in [0, 0.05) is 70.9 Å². The SMILES string of the molecule is CCNC(=NCC(C)CN1CCN(CC)CC1)NC1CCN(C(=O)C2CCCCC2)C1. The van der Waals surface area contributed by atoms with Crippen molar-refractivity contribution in [1.82, 2.24) is 25.3 Å². The van der Waals surface area contributed by atoms with E-state index in [9.17, 15) is 4.79 Å². The molecule has 3 fully saturated rings. The quantitative estimate of drug-likeness (QED) is 0.452. The average molecular weight is 435 g/mol. The van der Waals surface area contributed by atoms with Crippen molar-refractivity contribution in [2.45, 2.75) is 65.3 Å². The second-order valence-corrected chi connectivity index (χ2v) is 9.81. The summed E-state index contributed by atoms with van der Waals surface area (Å²) in [5.74, 6) is 2.11. The molecule has 7 heteroatoms. The number of piperazine rings is 1. The number of nitrogens with one attached hydrogen (secondary N) is 2. The molecule has 3 rings (SSSR count). The fourth-order valence-electron chi connectivity index (χ4n) is 5.23. The molecule has 178 valence electrons. The number of hydrogen-bond acceptors (Lipinski definition) is 4. The van der Waals surface area contributed by atoms with Crippen LogP contribution in [-0.2, 0) is 4.79 Å². The zero-order valence-corrected chi connectivity index (χ0v) is 20.2. The third-order valence-corrected chi connectivity index (χ3v) is 7.18. The highest BCUT2D eigenvalue weighted by Gasteiger charge is 2.31. The maximum atomic E-state index is 12.8. The van der Waals surface area contributed by atoms with Gasteiger partial charge in [-0.1, -0.05) is 33.1 Å². The molecule has 0 spiro atoms. The predicted molar refractivity (Wildman–Crippen MR) is 128 cm³/mol. The van der Waals surface area contributed by atoms with Gasteiger partial charge in [0.15, 0.2) is 5.96 Å². The Morgan fingerprint density at radius 1 is 1.00 bits per heavy atom. The van der Waals surface area contributed by atoms with E-state index in [2.05, 4.69) is 46.1 Å². The van der Waals surface area contributed by atoms with Gasteiger partial charge in [-0.05, 0) is 38.6 Å². The van der Waals surface area contributed by atoms with E-state index in [1.807, 2.05) is 0 Å². The van der Waals surface area contributed by atoms with Crippen LogP contribution >= 0.6 is 0 Å². The maximum absolute atomic E-state index is 12.8. The van der Waals surface area contributed by atoms with Gasteiger partial charge in [-0.15, -0.1) is 0 Å². The number of likely N-dealkylation sites (N-methyl/N-ethyl adjacent to an activating group) is 1. The number of aliphatic imine (C=N–C) groups is 1. The van der Waals surface area contributed by atoms with Crippen LogP contribution in [0.1, 0.15) is 59.3 Å². The van der Waals surface area contributed by atoms with Gasteiger partial charge in [0.2, 0.25) is 5.91 Å². The Bertz CT molecular complexity index is 568. The summed E-state index contributed by atoms with van der Waals surface area (Å²) in [6, 6.07) is 0.308. The van der Waals surface area contributed by atoms with Crippen molar-refractivity contribution in [2.75, 3.05) is 65.4 Å². The number of nitrogens with zero attached hydrogens (tertiary/aromatic N) is 4. The second-order valence-electron chi connectivity index (χ2n) is 9.81. The van der Waals surface area contributed by atoms with E-state index in [0.717, 1.165) is 64.5 Å². The van der Waals surface area contributed by atoms with Crippen molar-refractivity contribution in [1.29, 1.82) is 0 Å². The van der Waals surface area contributed by atoms with Gasteiger partial charge in [-0.3, -0.25) is 9.79 Å².